The minimum atomic E-state index is -3.70. The van der Waals surface area contributed by atoms with Gasteiger partial charge in [0.25, 0.3) is 0 Å². The molecule has 0 fully saturated rings. The van der Waals surface area contributed by atoms with Crippen LogP contribution in [0, 0.1) is 5.82 Å². The highest BCUT2D eigenvalue weighted by Gasteiger charge is 2.22. The first-order valence-electron chi connectivity index (χ1n) is 7.26. The summed E-state index contributed by atoms with van der Waals surface area (Å²) >= 11 is 0. The van der Waals surface area contributed by atoms with Crippen molar-refractivity contribution in [3.8, 4) is 5.75 Å². The summed E-state index contributed by atoms with van der Waals surface area (Å²) in [6.45, 7) is 1.90. The summed E-state index contributed by atoms with van der Waals surface area (Å²) < 4.78 is 45.4. The van der Waals surface area contributed by atoms with Crippen LogP contribution >= 0.6 is 0 Å². The molecule has 0 unspecified atom stereocenters. The SMILES string of the molecule is CCc1cc(S(=O)(=O)N(C)Cc2ccccc2F)ccc1OC. The van der Waals surface area contributed by atoms with Gasteiger partial charge in [0.2, 0.25) is 10.0 Å². The maximum atomic E-state index is 13.7. The Balaban J connectivity index is 2.32. The molecule has 0 heterocycles. The van der Waals surface area contributed by atoms with Crippen LogP contribution in [0.5, 0.6) is 5.75 Å². The molecule has 0 bridgehead atoms. The number of rotatable bonds is 6. The summed E-state index contributed by atoms with van der Waals surface area (Å²) in [6.07, 6.45) is 0.656. The Labute approximate surface area is 136 Å². The molecule has 2 aromatic carbocycles. The second-order valence-electron chi connectivity index (χ2n) is 5.18. The summed E-state index contributed by atoms with van der Waals surface area (Å²) in [5, 5.41) is 0. The van der Waals surface area contributed by atoms with Gasteiger partial charge in [-0.3, -0.25) is 0 Å². The van der Waals surface area contributed by atoms with E-state index in [0.29, 0.717) is 17.7 Å². The third kappa shape index (κ3) is 3.71. The van der Waals surface area contributed by atoms with Gasteiger partial charge in [-0.05, 0) is 36.2 Å². The predicted molar refractivity (Wildman–Crippen MR) is 87.4 cm³/mol. The molecule has 23 heavy (non-hydrogen) atoms. The van der Waals surface area contributed by atoms with Gasteiger partial charge in [0.05, 0.1) is 12.0 Å². The standard InChI is InChI=1S/C17H20FNO3S/c1-4-13-11-15(9-10-17(13)22-3)23(20,21)19(2)12-14-7-5-6-8-16(14)18/h5-11H,4,12H2,1-3H3. The van der Waals surface area contributed by atoms with E-state index in [0.717, 1.165) is 9.87 Å². The van der Waals surface area contributed by atoms with E-state index in [-0.39, 0.29) is 11.4 Å². The fourth-order valence-corrected chi connectivity index (χ4v) is 3.52. The largest absolute Gasteiger partial charge is 0.496 e. The number of methoxy groups -OCH3 is 1. The number of nitrogens with zero attached hydrogens (tertiary/aromatic N) is 1. The molecule has 124 valence electrons. The van der Waals surface area contributed by atoms with Gasteiger partial charge in [-0.15, -0.1) is 0 Å². The molecule has 0 spiro atoms. The molecule has 0 N–H and O–H groups in total. The normalized spacial score (nSPS) is 11.7. The molecular formula is C17H20FNO3S. The maximum Gasteiger partial charge on any atom is 0.243 e. The van der Waals surface area contributed by atoms with E-state index < -0.39 is 15.8 Å². The van der Waals surface area contributed by atoms with Gasteiger partial charge < -0.3 is 4.74 Å². The molecule has 2 rings (SSSR count). The zero-order valence-electron chi connectivity index (χ0n) is 13.4. The highest BCUT2D eigenvalue weighted by atomic mass is 32.2. The lowest BCUT2D eigenvalue weighted by molar-refractivity contribution is 0.409. The molecule has 0 aliphatic heterocycles. The third-order valence-corrected chi connectivity index (χ3v) is 5.49. The Kier molecular flexibility index (Phi) is 5.38. The molecule has 0 saturated heterocycles. The van der Waals surface area contributed by atoms with E-state index in [1.165, 1.54) is 19.2 Å². The fraction of sp³-hybridized carbons (Fsp3) is 0.294. The third-order valence-electron chi connectivity index (χ3n) is 3.69. The molecule has 0 atom stereocenters. The minimum Gasteiger partial charge on any atom is -0.496 e. The zero-order valence-corrected chi connectivity index (χ0v) is 14.2. The predicted octanol–water partition coefficient (Wildman–Crippen LogP) is 3.22. The Hall–Kier alpha value is -1.92. The minimum absolute atomic E-state index is 0.0253. The second kappa shape index (κ2) is 7.10. The Morgan fingerprint density at radius 2 is 1.83 bits per heavy atom. The first-order valence-corrected chi connectivity index (χ1v) is 8.70. The number of sulfonamides is 1. The fourth-order valence-electron chi connectivity index (χ4n) is 2.32. The lowest BCUT2D eigenvalue weighted by Crippen LogP contribution is -2.27. The average Bonchev–Trinajstić information content (AvgIpc) is 2.56. The molecule has 0 aliphatic carbocycles. The number of hydrogen-bond acceptors (Lipinski definition) is 3. The van der Waals surface area contributed by atoms with Crippen LogP contribution in [0.15, 0.2) is 47.4 Å². The molecule has 6 heteroatoms. The highest BCUT2D eigenvalue weighted by Crippen LogP contribution is 2.25. The van der Waals surface area contributed by atoms with E-state index in [9.17, 15) is 12.8 Å². The van der Waals surface area contributed by atoms with Crippen LogP contribution in [-0.4, -0.2) is 26.9 Å². The topological polar surface area (TPSA) is 46.6 Å². The summed E-state index contributed by atoms with van der Waals surface area (Å²) in [5.74, 6) is 0.238. The van der Waals surface area contributed by atoms with Crippen LogP contribution in [-0.2, 0) is 23.0 Å². The number of halogens is 1. The quantitative estimate of drug-likeness (QED) is 0.813. The van der Waals surface area contributed by atoms with Crippen molar-refractivity contribution in [2.45, 2.75) is 24.8 Å². The monoisotopic (exact) mass is 337 g/mol. The van der Waals surface area contributed by atoms with E-state index in [1.807, 2.05) is 6.92 Å². The van der Waals surface area contributed by atoms with Crippen molar-refractivity contribution < 1.29 is 17.5 Å². The Bertz CT molecular complexity index is 790. The zero-order chi connectivity index (χ0) is 17.0. The second-order valence-corrected chi connectivity index (χ2v) is 7.22. The summed E-state index contributed by atoms with van der Waals surface area (Å²) in [4.78, 5) is 0.175. The van der Waals surface area contributed by atoms with Crippen LogP contribution < -0.4 is 4.74 Å². The van der Waals surface area contributed by atoms with Crippen molar-refractivity contribution in [1.29, 1.82) is 0 Å². The first-order chi connectivity index (χ1) is 10.9. The van der Waals surface area contributed by atoms with E-state index in [1.54, 1.807) is 37.4 Å². The van der Waals surface area contributed by atoms with Gasteiger partial charge in [0, 0.05) is 19.2 Å². The maximum absolute atomic E-state index is 13.7. The summed E-state index contributed by atoms with van der Waals surface area (Å²) in [7, 11) is -0.710. The first kappa shape index (κ1) is 17.4. The molecule has 0 aromatic heterocycles. The van der Waals surface area contributed by atoms with Crippen molar-refractivity contribution in [2.75, 3.05) is 14.2 Å². The van der Waals surface area contributed by atoms with Crippen LogP contribution in [0.1, 0.15) is 18.1 Å². The molecule has 0 saturated carbocycles. The van der Waals surface area contributed by atoms with Crippen molar-refractivity contribution >= 4 is 10.0 Å². The molecule has 0 radical (unpaired) electrons. The number of benzene rings is 2. The number of ether oxygens (including phenoxy) is 1. The van der Waals surface area contributed by atoms with E-state index in [4.69, 9.17) is 4.74 Å². The molecule has 4 nitrogen and oxygen atoms in total. The van der Waals surface area contributed by atoms with Crippen molar-refractivity contribution in [3.63, 3.8) is 0 Å². The summed E-state index contributed by atoms with van der Waals surface area (Å²) in [6, 6.07) is 10.9. The number of hydrogen-bond donors (Lipinski definition) is 0. The Morgan fingerprint density at radius 3 is 2.43 bits per heavy atom. The van der Waals surface area contributed by atoms with Crippen LogP contribution in [0.2, 0.25) is 0 Å². The highest BCUT2D eigenvalue weighted by molar-refractivity contribution is 7.89. The van der Waals surface area contributed by atoms with Gasteiger partial charge in [0.1, 0.15) is 11.6 Å². The molecule has 0 aliphatic rings. The lowest BCUT2D eigenvalue weighted by atomic mass is 10.1. The van der Waals surface area contributed by atoms with Crippen LogP contribution in [0.25, 0.3) is 0 Å². The average molecular weight is 337 g/mol. The van der Waals surface area contributed by atoms with Gasteiger partial charge >= 0.3 is 0 Å². The lowest BCUT2D eigenvalue weighted by Gasteiger charge is -2.18. The van der Waals surface area contributed by atoms with E-state index >= 15 is 0 Å². The van der Waals surface area contributed by atoms with E-state index in [2.05, 4.69) is 0 Å². The van der Waals surface area contributed by atoms with Crippen molar-refractivity contribution in [1.82, 2.24) is 4.31 Å². The van der Waals surface area contributed by atoms with Crippen LogP contribution in [0.4, 0.5) is 4.39 Å². The van der Waals surface area contributed by atoms with Gasteiger partial charge in [-0.1, -0.05) is 25.1 Å². The van der Waals surface area contributed by atoms with Gasteiger partial charge in [0.15, 0.2) is 0 Å². The van der Waals surface area contributed by atoms with Gasteiger partial charge in [-0.25, -0.2) is 12.8 Å². The Morgan fingerprint density at radius 1 is 1.13 bits per heavy atom. The smallest absolute Gasteiger partial charge is 0.243 e. The molecule has 2 aromatic rings. The van der Waals surface area contributed by atoms with Crippen molar-refractivity contribution in [2.24, 2.45) is 0 Å². The van der Waals surface area contributed by atoms with Crippen LogP contribution in [0.3, 0.4) is 0 Å². The summed E-state index contributed by atoms with van der Waals surface area (Å²) in [5.41, 5.74) is 1.15. The molecule has 0 amide bonds. The van der Waals surface area contributed by atoms with Crippen molar-refractivity contribution in [3.05, 3.63) is 59.4 Å². The molecular weight excluding hydrogens is 317 g/mol. The number of aryl methyl sites for hydroxylation is 1. The van der Waals surface area contributed by atoms with Gasteiger partial charge in [-0.2, -0.15) is 4.31 Å².